The quantitative estimate of drug-likeness (QED) is 0.724. The average molecular weight is 325 g/mol. The Bertz CT molecular complexity index is 554. The highest BCUT2D eigenvalue weighted by Crippen LogP contribution is 2.20. The number of carbonyl (C=O) groups is 1. The van der Waals surface area contributed by atoms with E-state index in [1.807, 2.05) is 54.6 Å². The van der Waals surface area contributed by atoms with E-state index in [0.717, 1.165) is 11.1 Å². The Labute approximate surface area is 133 Å². The molecule has 0 aliphatic rings. The molecule has 1 nitrogen and oxygen atoms in total. The summed E-state index contributed by atoms with van der Waals surface area (Å²) in [5, 5.41) is 0.181. The van der Waals surface area contributed by atoms with Crippen LogP contribution in [0.4, 0.5) is 0 Å². The Hall–Kier alpha value is -0.960. The first-order valence-corrected chi connectivity index (χ1v) is 8.04. The molecule has 0 aliphatic heterocycles. The number of rotatable bonds is 5. The number of thioether (sulfide) groups is 1. The van der Waals surface area contributed by atoms with E-state index in [4.69, 9.17) is 23.2 Å². The Morgan fingerprint density at radius 3 is 2.30 bits per heavy atom. The van der Waals surface area contributed by atoms with Gasteiger partial charge < -0.3 is 0 Å². The van der Waals surface area contributed by atoms with Gasteiger partial charge in [-0.15, -0.1) is 11.6 Å². The molecular weight excluding hydrogens is 311 g/mol. The van der Waals surface area contributed by atoms with Crippen LogP contribution in [0.1, 0.15) is 11.1 Å². The third kappa shape index (κ3) is 4.86. The lowest BCUT2D eigenvalue weighted by molar-refractivity contribution is -0.110. The van der Waals surface area contributed by atoms with Crippen molar-refractivity contribution < 1.29 is 4.79 Å². The van der Waals surface area contributed by atoms with E-state index in [0.29, 0.717) is 17.2 Å². The van der Waals surface area contributed by atoms with Gasteiger partial charge in [-0.1, -0.05) is 65.8 Å². The molecule has 0 saturated heterocycles. The number of carbonyl (C=O) groups excluding carboxylic acids is 1. The van der Waals surface area contributed by atoms with E-state index < -0.39 is 5.38 Å². The molecule has 0 saturated carbocycles. The summed E-state index contributed by atoms with van der Waals surface area (Å²) in [5.74, 6) is 0.656. The molecule has 20 heavy (non-hydrogen) atoms. The van der Waals surface area contributed by atoms with E-state index in [9.17, 15) is 4.79 Å². The largest absolute Gasteiger partial charge is 0.286 e. The van der Waals surface area contributed by atoms with Crippen molar-refractivity contribution in [3.05, 3.63) is 70.7 Å². The van der Waals surface area contributed by atoms with Gasteiger partial charge in [-0.25, -0.2) is 0 Å². The second-order valence-electron chi connectivity index (χ2n) is 4.39. The first-order valence-electron chi connectivity index (χ1n) is 6.24. The maximum Gasteiger partial charge on any atom is 0.207 e. The summed E-state index contributed by atoms with van der Waals surface area (Å²) in [7, 11) is 0. The van der Waals surface area contributed by atoms with Crippen LogP contribution in [0.25, 0.3) is 0 Å². The lowest BCUT2D eigenvalue weighted by Gasteiger charge is -2.08. The van der Waals surface area contributed by atoms with Gasteiger partial charge in [0.1, 0.15) is 5.38 Å². The Kier molecular flexibility index (Phi) is 5.96. The van der Waals surface area contributed by atoms with Crippen LogP contribution in [-0.2, 0) is 17.0 Å². The van der Waals surface area contributed by atoms with Crippen LogP contribution in [0.3, 0.4) is 0 Å². The highest BCUT2D eigenvalue weighted by Gasteiger charge is 2.16. The van der Waals surface area contributed by atoms with E-state index in [-0.39, 0.29) is 5.12 Å². The Balaban J connectivity index is 1.84. The zero-order valence-electron chi connectivity index (χ0n) is 10.8. The number of hydrogen-bond donors (Lipinski definition) is 0. The summed E-state index contributed by atoms with van der Waals surface area (Å²) in [6.45, 7) is 0. The molecule has 0 bridgehead atoms. The maximum atomic E-state index is 12.0. The zero-order chi connectivity index (χ0) is 14.4. The van der Waals surface area contributed by atoms with Crippen LogP contribution in [0.15, 0.2) is 54.6 Å². The second kappa shape index (κ2) is 7.72. The summed E-state index contributed by atoms with van der Waals surface area (Å²) >= 11 is 13.3. The molecule has 2 aromatic rings. The molecule has 2 aromatic carbocycles. The molecule has 0 N–H and O–H groups in total. The van der Waals surface area contributed by atoms with E-state index in [1.54, 1.807) is 0 Å². The van der Waals surface area contributed by atoms with E-state index in [1.165, 1.54) is 11.8 Å². The third-order valence-corrected chi connectivity index (χ3v) is 4.59. The van der Waals surface area contributed by atoms with Crippen molar-refractivity contribution in [3.63, 3.8) is 0 Å². The van der Waals surface area contributed by atoms with Crippen LogP contribution < -0.4 is 0 Å². The SMILES string of the molecule is O=C(SCc1ccccc1)C(Cl)Cc1ccc(Cl)cc1. The fourth-order valence-electron chi connectivity index (χ4n) is 1.73. The molecule has 0 fully saturated rings. The van der Waals surface area contributed by atoms with Gasteiger partial charge in [0.2, 0.25) is 5.12 Å². The first kappa shape index (κ1) is 15.4. The van der Waals surface area contributed by atoms with Crippen molar-refractivity contribution in [1.82, 2.24) is 0 Å². The minimum Gasteiger partial charge on any atom is -0.286 e. The van der Waals surface area contributed by atoms with Crippen molar-refractivity contribution in [1.29, 1.82) is 0 Å². The number of alkyl halides is 1. The van der Waals surface area contributed by atoms with Crippen LogP contribution in [0, 0.1) is 0 Å². The molecule has 1 unspecified atom stereocenters. The summed E-state index contributed by atoms with van der Waals surface area (Å²) in [4.78, 5) is 12.0. The maximum absolute atomic E-state index is 12.0. The summed E-state index contributed by atoms with van der Waals surface area (Å²) < 4.78 is 0. The Morgan fingerprint density at radius 2 is 1.65 bits per heavy atom. The van der Waals surface area contributed by atoms with Crippen LogP contribution in [-0.4, -0.2) is 10.5 Å². The normalized spacial score (nSPS) is 12.1. The zero-order valence-corrected chi connectivity index (χ0v) is 13.1. The molecule has 0 spiro atoms. The van der Waals surface area contributed by atoms with Gasteiger partial charge in [0.15, 0.2) is 0 Å². The lowest BCUT2D eigenvalue weighted by atomic mass is 10.1. The molecule has 1 atom stereocenters. The van der Waals surface area contributed by atoms with Crippen molar-refractivity contribution in [2.45, 2.75) is 17.6 Å². The van der Waals surface area contributed by atoms with Crippen molar-refractivity contribution >= 4 is 40.1 Å². The predicted octanol–water partition coefficient (Wildman–Crippen LogP) is 4.95. The monoisotopic (exact) mass is 324 g/mol. The molecule has 0 aromatic heterocycles. The fourth-order valence-corrected chi connectivity index (χ4v) is 2.99. The van der Waals surface area contributed by atoms with Crippen molar-refractivity contribution in [2.75, 3.05) is 0 Å². The fraction of sp³-hybridized carbons (Fsp3) is 0.188. The second-order valence-corrected chi connectivity index (χ2v) is 6.33. The molecule has 4 heteroatoms. The summed E-state index contributed by atoms with van der Waals surface area (Å²) in [6.07, 6.45) is 0.527. The molecule has 104 valence electrons. The molecule has 0 amide bonds. The average Bonchev–Trinajstić information content (AvgIpc) is 2.48. The molecular formula is C16H14Cl2OS. The van der Waals surface area contributed by atoms with Crippen LogP contribution >= 0.6 is 35.0 Å². The minimum atomic E-state index is -0.509. The lowest BCUT2D eigenvalue weighted by Crippen LogP contribution is -2.14. The highest BCUT2D eigenvalue weighted by atomic mass is 35.5. The van der Waals surface area contributed by atoms with E-state index in [2.05, 4.69) is 0 Å². The van der Waals surface area contributed by atoms with Gasteiger partial charge in [-0.3, -0.25) is 4.79 Å². The number of benzene rings is 2. The van der Waals surface area contributed by atoms with E-state index >= 15 is 0 Å². The molecule has 0 heterocycles. The smallest absolute Gasteiger partial charge is 0.207 e. The predicted molar refractivity (Wildman–Crippen MR) is 87.5 cm³/mol. The molecule has 2 rings (SSSR count). The van der Waals surface area contributed by atoms with Crippen LogP contribution in [0.2, 0.25) is 5.02 Å². The van der Waals surface area contributed by atoms with Gasteiger partial charge in [0, 0.05) is 10.8 Å². The third-order valence-electron chi connectivity index (χ3n) is 2.81. The summed E-state index contributed by atoms with van der Waals surface area (Å²) in [5.41, 5.74) is 2.14. The van der Waals surface area contributed by atoms with Crippen LogP contribution in [0.5, 0.6) is 0 Å². The van der Waals surface area contributed by atoms with Crippen molar-refractivity contribution in [2.24, 2.45) is 0 Å². The van der Waals surface area contributed by atoms with Gasteiger partial charge in [0.25, 0.3) is 0 Å². The van der Waals surface area contributed by atoms with Gasteiger partial charge in [-0.2, -0.15) is 0 Å². The highest BCUT2D eigenvalue weighted by molar-refractivity contribution is 8.13. The van der Waals surface area contributed by atoms with Gasteiger partial charge >= 0.3 is 0 Å². The number of halogens is 2. The summed E-state index contributed by atoms with van der Waals surface area (Å²) in [6, 6.07) is 17.3. The van der Waals surface area contributed by atoms with Gasteiger partial charge in [-0.05, 0) is 29.7 Å². The minimum absolute atomic E-state index is 0.00506. The first-order chi connectivity index (χ1) is 9.65. The van der Waals surface area contributed by atoms with Gasteiger partial charge in [0.05, 0.1) is 0 Å². The topological polar surface area (TPSA) is 17.1 Å². The van der Waals surface area contributed by atoms with Crippen molar-refractivity contribution in [3.8, 4) is 0 Å². The Morgan fingerprint density at radius 1 is 1.00 bits per heavy atom. The molecule has 0 radical (unpaired) electrons. The standard InChI is InChI=1S/C16H14Cl2OS/c17-14-8-6-12(7-9-14)10-15(18)16(19)20-11-13-4-2-1-3-5-13/h1-9,15H,10-11H2. The number of hydrogen-bond acceptors (Lipinski definition) is 2. The molecule has 0 aliphatic carbocycles.